The molecule has 198 valence electrons. The van der Waals surface area contributed by atoms with E-state index in [1.807, 2.05) is 42.5 Å². The highest BCUT2D eigenvalue weighted by Crippen LogP contribution is 2.33. The highest BCUT2D eigenvalue weighted by Gasteiger charge is 2.42. The molecule has 1 fully saturated rings. The van der Waals surface area contributed by atoms with Crippen molar-refractivity contribution < 1.29 is 14.3 Å². The fourth-order valence-electron chi connectivity index (χ4n) is 5.56. The number of morpholine rings is 1. The summed E-state index contributed by atoms with van der Waals surface area (Å²) in [6, 6.07) is 23.1. The molecular weight excluding hydrogens is 492 g/mol. The molecule has 0 saturated carbocycles. The van der Waals surface area contributed by atoms with Gasteiger partial charge in [0.05, 0.1) is 35.2 Å². The lowest BCUT2D eigenvalue weighted by molar-refractivity contribution is 0.0368. The van der Waals surface area contributed by atoms with E-state index in [0.29, 0.717) is 54.0 Å². The smallest absolute Gasteiger partial charge is 0.262 e. The van der Waals surface area contributed by atoms with Gasteiger partial charge >= 0.3 is 0 Å². The molecule has 2 aliphatic rings. The third-order valence-corrected chi connectivity index (χ3v) is 7.56. The molecule has 1 saturated heterocycles. The third kappa shape index (κ3) is 4.89. The van der Waals surface area contributed by atoms with Crippen LogP contribution in [0.2, 0.25) is 0 Å². The first-order valence-electron chi connectivity index (χ1n) is 13.4. The largest absolute Gasteiger partial charge is 0.379 e. The number of amides is 2. The zero-order valence-electron chi connectivity index (χ0n) is 21.7. The Balaban J connectivity index is 1.45. The van der Waals surface area contributed by atoms with Crippen molar-refractivity contribution in [3.63, 3.8) is 0 Å². The molecule has 3 aromatic carbocycles. The minimum Gasteiger partial charge on any atom is -0.379 e. The first-order valence-corrected chi connectivity index (χ1v) is 13.4. The van der Waals surface area contributed by atoms with E-state index >= 15 is 0 Å². The summed E-state index contributed by atoms with van der Waals surface area (Å²) in [6.45, 7) is 4.40. The van der Waals surface area contributed by atoms with E-state index in [2.05, 4.69) is 4.90 Å². The Morgan fingerprint density at radius 3 is 2.13 bits per heavy atom. The molecule has 0 aliphatic carbocycles. The Bertz CT molecular complexity index is 1540. The van der Waals surface area contributed by atoms with Gasteiger partial charge in [-0.15, -0.1) is 0 Å². The van der Waals surface area contributed by atoms with Crippen LogP contribution in [0.1, 0.15) is 44.6 Å². The highest BCUT2D eigenvalue weighted by molar-refractivity contribution is 6.21. The van der Waals surface area contributed by atoms with Crippen LogP contribution in [0.4, 0.5) is 0 Å². The lowest BCUT2D eigenvalue weighted by Crippen LogP contribution is -2.40. The lowest BCUT2D eigenvalue weighted by atomic mass is 10.0. The molecule has 2 amide bonds. The second kappa shape index (κ2) is 10.9. The maximum absolute atomic E-state index is 13.9. The van der Waals surface area contributed by atoms with Crippen molar-refractivity contribution in [1.29, 1.82) is 0 Å². The van der Waals surface area contributed by atoms with Crippen molar-refractivity contribution >= 4 is 22.7 Å². The van der Waals surface area contributed by atoms with Crippen LogP contribution in [0.3, 0.4) is 0 Å². The third-order valence-electron chi connectivity index (χ3n) is 7.56. The van der Waals surface area contributed by atoms with E-state index in [1.165, 1.54) is 4.90 Å². The summed E-state index contributed by atoms with van der Waals surface area (Å²) in [5.41, 5.74) is 2.09. The maximum Gasteiger partial charge on any atom is 0.262 e. The van der Waals surface area contributed by atoms with E-state index in [4.69, 9.17) is 9.72 Å². The van der Waals surface area contributed by atoms with E-state index in [1.54, 1.807) is 41.0 Å². The summed E-state index contributed by atoms with van der Waals surface area (Å²) in [5.74, 6) is -0.295. The molecule has 8 heteroatoms. The molecule has 1 atom stereocenters. The summed E-state index contributed by atoms with van der Waals surface area (Å²) in [7, 11) is 0. The molecule has 0 N–H and O–H groups in total. The van der Waals surface area contributed by atoms with Crippen LogP contribution in [-0.2, 0) is 17.7 Å². The molecule has 2 aliphatic heterocycles. The number of para-hydroxylation sites is 1. The number of carbonyl (C=O) groups excluding carboxylic acids is 2. The summed E-state index contributed by atoms with van der Waals surface area (Å²) in [6.07, 6.45) is 1.08. The summed E-state index contributed by atoms with van der Waals surface area (Å²) in [5, 5.41) is 0.522. The van der Waals surface area contributed by atoms with Gasteiger partial charge in [-0.05, 0) is 36.2 Å². The van der Waals surface area contributed by atoms with Gasteiger partial charge in [-0.3, -0.25) is 28.8 Å². The van der Waals surface area contributed by atoms with E-state index in [-0.39, 0.29) is 17.4 Å². The predicted octanol–water partition coefficient (Wildman–Crippen LogP) is 3.70. The molecule has 4 aromatic rings. The lowest BCUT2D eigenvalue weighted by Gasteiger charge is -2.29. The average Bonchev–Trinajstić information content (AvgIpc) is 3.23. The number of benzene rings is 3. The number of carbonyl (C=O) groups is 2. The molecule has 8 nitrogen and oxygen atoms in total. The van der Waals surface area contributed by atoms with Crippen molar-refractivity contribution in [2.24, 2.45) is 0 Å². The monoisotopic (exact) mass is 522 g/mol. The highest BCUT2D eigenvalue weighted by atomic mass is 16.5. The van der Waals surface area contributed by atoms with Crippen molar-refractivity contribution in [3.05, 3.63) is 112 Å². The number of hydrogen-bond acceptors (Lipinski definition) is 6. The molecule has 39 heavy (non-hydrogen) atoms. The van der Waals surface area contributed by atoms with Crippen molar-refractivity contribution in [1.82, 2.24) is 19.4 Å². The van der Waals surface area contributed by atoms with Gasteiger partial charge in [-0.2, -0.15) is 0 Å². The van der Waals surface area contributed by atoms with Crippen LogP contribution >= 0.6 is 0 Å². The topological polar surface area (TPSA) is 84.7 Å². The van der Waals surface area contributed by atoms with Crippen LogP contribution in [0.15, 0.2) is 83.7 Å². The Morgan fingerprint density at radius 1 is 0.769 bits per heavy atom. The Labute approximate surface area is 226 Å². The number of aromatic nitrogens is 2. The fourth-order valence-corrected chi connectivity index (χ4v) is 5.56. The summed E-state index contributed by atoms with van der Waals surface area (Å²) < 4.78 is 7.15. The van der Waals surface area contributed by atoms with Gasteiger partial charge in [0.2, 0.25) is 0 Å². The van der Waals surface area contributed by atoms with Gasteiger partial charge < -0.3 is 4.74 Å². The Kier molecular flexibility index (Phi) is 7.04. The van der Waals surface area contributed by atoms with Crippen molar-refractivity contribution in [2.75, 3.05) is 32.8 Å². The van der Waals surface area contributed by atoms with Crippen LogP contribution in [0.25, 0.3) is 10.9 Å². The van der Waals surface area contributed by atoms with Crippen LogP contribution in [-0.4, -0.2) is 64.0 Å². The number of ether oxygens (including phenoxy) is 1. The molecule has 0 bridgehead atoms. The normalized spacial score (nSPS) is 16.6. The van der Waals surface area contributed by atoms with Crippen molar-refractivity contribution in [2.45, 2.75) is 25.4 Å². The Hall–Kier alpha value is -4.14. The molecule has 0 radical (unpaired) electrons. The number of imide groups is 1. The Morgan fingerprint density at radius 2 is 1.41 bits per heavy atom. The molecule has 3 heterocycles. The van der Waals surface area contributed by atoms with E-state index in [0.717, 1.165) is 31.6 Å². The van der Waals surface area contributed by atoms with Gasteiger partial charge in [0.1, 0.15) is 11.9 Å². The first kappa shape index (κ1) is 25.2. The standard InChI is InChI=1S/C31H30N4O4/c36-29-25-13-6-7-14-26(25)32-28(34(29)16-8-15-33-17-19-39-20-18-33)27(21-22-9-2-1-3-10-22)35-30(37)23-11-4-5-12-24(23)31(35)38/h1-7,9-14,27H,8,15-21H2/t27-/m0/s1. The minimum atomic E-state index is -0.750. The molecule has 6 rings (SSSR count). The SMILES string of the molecule is O=C1c2ccccc2C(=O)N1[C@@H](Cc1ccccc1)c1nc2ccccc2c(=O)n1CCCN1CCOCC1. The second-order valence-electron chi connectivity index (χ2n) is 9.98. The molecule has 0 unspecified atom stereocenters. The number of rotatable bonds is 8. The van der Waals surface area contributed by atoms with Gasteiger partial charge in [-0.1, -0.05) is 54.6 Å². The molecular formula is C31H30N4O4. The van der Waals surface area contributed by atoms with E-state index < -0.39 is 6.04 Å². The summed E-state index contributed by atoms with van der Waals surface area (Å²) >= 11 is 0. The van der Waals surface area contributed by atoms with Gasteiger partial charge in [-0.25, -0.2) is 4.98 Å². The van der Waals surface area contributed by atoms with E-state index in [9.17, 15) is 14.4 Å². The zero-order valence-corrected chi connectivity index (χ0v) is 21.7. The second-order valence-corrected chi connectivity index (χ2v) is 9.98. The van der Waals surface area contributed by atoms with Crippen LogP contribution in [0, 0.1) is 0 Å². The number of nitrogens with zero attached hydrogens (tertiary/aromatic N) is 4. The fraction of sp³-hybridized carbons (Fsp3) is 0.290. The average molecular weight is 523 g/mol. The quantitative estimate of drug-likeness (QED) is 0.328. The molecule has 0 spiro atoms. The van der Waals surface area contributed by atoms with Crippen molar-refractivity contribution in [3.8, 4) is 0 Å². The van der Waals surface area contributed by atoms with Gasteiger partial charge in [0.25, 0.3) is 17.4 Å². The first-order chi connectivity index (χ1) is 19.1. The van der Waals surface area contributed by atoms with Gasteiger partial charge in [0.15, 0.2) is 0 Å². The van der Waals surface area contributed by atoms with Crippen LogP contribution < -0.4 is 5.56 Å². The van der Waals surface area contributed by atoms with Gasteiger partial charge in [0, 0.05) is 32.6 Å². The molecule has 1 aromatic heterocycles. The number of hydrogen-bond donors (Lipinski definition) is 0. The maximum atomic E-state index is 13.9. The minimum absolute atomic E-state index is 0.160. The summed E-state index contributed by atoms with van der Waals surface area (Å²) in [4.78, 5) is 49.8. The van der Waals surface area contributed by atoms with Crippen LogP contribution in [0.5, 0.6) is 0 Å². The predicted molar refractivity (Wildman–Crippen MR) is 148 cm³/mol. The number of fused-ring (bicyclic) bond motifs is 2. The zero-order chi connectivity index (χ0) is 26.8.